The van der Waals surface area contributed by atoms with Gasteiger partial charge in [0.2, 0.25) is 0 Å². The number of carbonyl (C=O) groups excluding carboxylic acids is 1. The first-order valence-electron chi connectivity index (χ1n) is 9.90. The van der Waals surface area contributed by atoms with E-state index in [-0.39, 0.29) is 4.90 Å². The molecular weight excluding hydrogens is 430 g/mol. The molecular formula is C22H25N5O4S. The lowest BCUT2D eigenvalue weighted by Crippen LogP contribution is -2.18. The van der Waals surface area contributed by atoms with E-state index in [9.17, 15) is 13.2 Å². The molecule has 9 nitrogen and oxygen atoms in total. The van der Waals surface area contributed by atoms with E-state index >= 15 is 0 Å². The van der Waals surface area contributed by atoms with Crippen LogP contribution in [0.2, 0.25) is 0 Å². The van der Waals surface area contributed by atoms with Crippen LogP contribution in [0.5, 0.6) is 5.75 Å². The van der Waals surface area contributed by atoms with E-state index in [0.717, 1.165) is 17.0 Å². The zero-order valence-electron chi connectivity index (χ0n) is 18.3. The molecule has 0 radical (unpaired) electrons. The first-order valence-corrected chi connectivity index (χ1v) is 11.4. The lowest BCUT2D eigenvalue weighted by atomic mass is 10.2. The number of nitrogens with zero attached hydrogens (tertiary/aromatic N) is 3. The number of carbonyl (C=O) groups is 1. The molecule has 0 spiro atoms. The summed E-state index contributed by atoms with van der Waals surface area (Å²) >= 11 is 0. The van der Waals surface area contributed by atoms with Crippen molar-refractivity contribution >= 4 is 27.8 Å². The number of hydrogen-bond donors (Lipinski definition) is 2. The normalized spacial score (nSPS) is 11.5. The van der Waals surface area contributed by atoms with Crippen LogP contribution < -0.4 is 14.9 Å². The molecule has 10 heteroatoms. The Balaban J connectivity index is 1.63. The largest absolute Gasteiger partial charge is 0.494 e. The van der Waals surface area contributed by atoms with Crippen molar-refractivity contribution in [2.45, 2.75) is 25.7 Å². The van der Waals surface area contributed by atoms with Gasteiger partial charge in [-0.3, -0.25) is 14.2 Å². The zero-order chi connectivity index (χ0) is 23.3. The molecule has 0 aliphatic heterocycles. The summed E-state index contributed by atoms with van der Waals surface area (Å²) < 4.78 is 34.7. The minimum Gasteiger partial charge on any atom is -0.494 e. The standard InChI is InChI=1S/C22H25N5O4S/c1-5-31-19-10-12-20(13-11-19)32(29,30)26-18-8-6-17(7-9-18)22(28)24-23-14-21-15(2)25-27(4)16(21)3/h6-14,26H,5H2,1-4H3,(H,24,28)/b23-14+. The Morgan fingerprint density at radius 1 is 1.12 bits per heavy atom. The summed E-state index contributed by atoms with van der Waals surface area (Å²) in [4.78, 5) is 12.4. The number of anilines is 1. The molecule has 2 aromatic carbocycles. The van der Waals surface area contributed by atoms with Crippen LogP contribution in [0.1, 0.15) is 34.2 Å². The quantitative estimate of drug-likeness (QED) is 0.400. The number of aromatic nitrogens is 2. The molecule has 1 aromatic heterocycles. The fourth-order valence-corrected chi connectivity index (χ4v) is 4.04. The molecule has 1 amide bonds. The number of rotatable bonds is 8. The summed E-state index contributed by atoms with van der Waals surface area (Å²) in [6.45, 7) is 6.13. The Kier molecular flexibility index (Phi) is 6.94. The number of amides is 1. The molecule has 168 valence electrons. The molecule has 0 saturated carbocycles. The van der Waals surface area contributed by atoms with Crippen LogP contribution in [0.4, 0.5) is 5.69 Å². The van der Waals surface area contributed by atoms with Gasteiger partial charge in [0.25, 0.3) is 15.9 Å². The highest BCUT2D eigenvalue weighted by Crippen LogP contribution is 2.20. The number of aryl methyl sites for hydroxylation is 2. The van der Waals surface area contributed by atoms with Crippen molar-refractivity contribution in [1.29, 1.82) is 0 Å². The Labute approximate surface area is 187 Å². The number of nitrogens with one attached hydrogen (secondary N) is 2. The lowest BCUT2D eigenvalue weighted by molar-refractivity contribution is 0.0955. The second kappa shape index (κ2) is 9.65. The van der Waals surface area contributed by atoms with E-state index in [1.165, 1.54) is 36.4 Å². The van der Waals surface area contributed by atoms with Gasteiger partial charge < -0.3 is 4.74 Å². The van der Waals surface area contributed by atoms with Gasteiger partial charge in [-0.25, -0.2) is 13.8 Å². The fraction of sp³-hybridized carbons (Fsp3) is 0.227. The van der Waals surface area contributed by atoms with Crippen molar-refractivity contribution in [3.05, 3.63) is 71.0 Å². The maximum absolute atomic E-state index is 12.6. The molecule has 3 rings (SSSR count). The van der Waals surface area contributed by atoms with E-state index in [1.54, 1.807) is 23.0 Å². The van der Waals surface area contributed by atoms with E-state index in [4.69, 9.17) is 4.74 Å². The molecule has 2 N–H and O–H groups in total. The molecule has 0 saturated heterocycles. The van der Waals surface area contributed by atoms with Gasteiger partial charge in [0.05, 0.1) is 23.4 Å². The van der Waals surface area contributed by atoms with Crippen LogP contribution in [-0.2, 0) is 17.1 Å². The van der Waals surface area contributed by atoms with Crippen LogP contribution in [0.3, 0.4) is 0 Å². The van der Waals surface area contributed by atoms with Crippen molar-refractivity contribution in [3.63, 3.8) is 0 Å². The summed E-state index contributed by atoms with van der Waals surface area (Å²) in [6.07, 6.45) is 1.55. The summed E-state index contributed by atoms with van der Waals surface area (Å²) in [5.41, 5.74) is 5.72. The van der Waals surface area contributed by atoms with Gasteiger partial charge in [-0.2, -0.15) is 10.2 Å². The summed E-state index contributed by atoms with van der Waals surface area (Å²) in [5, 5.41) is 8.29. The molecule has 0 atom stereocenters. The lowest BCUT2D eigenvalue weighted by Gasteiger charge is -2.09. The Hall–Kier alpha value is -3.66. The molecule has 0 aliphatic rings. The molecule has 32 heavy (non-hydrogen) atoms. The second-order valence-corrected chi connectivity index (χ2v) is 8.68. The first-order chi connectivity index (χ1) is 15.2. The predicted molar refractivity (Wildman–Crippen MR) is 123 cm³/mol. The molecule has 0 unspecified atom stereocenters. The smallest absolute Gasteiger partial charge is 0.271 e. The molecule has 0 bridgehead atoms. The van der Waals surface area contributed by atoms with E-state index in [1.807, 2.05) is 27.8 Å². The van der Waals surface area contributed by atoms with Crippen molar-refractivity contribution in [2.24, 2.45) is 12.1 Å². The zero-order valence-corrected chi connectivity index (χ0v) is 19.1. The molecule has 1 heterocycles. The monoisotopic (exact) mass is 455 g/mol. The maximum atomic E-state index is 12.6. The van der Waals surface area contributed by atoms with E-state index in [2.05, 4.69) is 20.3 Å². The number of ether oxygens (including phenoxy) is 1. The highest BCUT2D eigenvalue weighted by atomic mass is 32.2. The maximum Gasteiger partial charge on any atom is 0.271 e. The number of hydrazone groups is 1. The summed E-state index contributed by atoms with van der Waals surface area (Å²) in [6, 6.07) is 12.2. The third kappa shape index (κ3) is 5.33. The van der Waals surface area contributed by atoms with Gasteiger partial charge in [-0.1, -0.05) is 0 Å². The molecule has 3 aromatic rings. The topological polar surface area (TPSA) is 115 Å². The van der Waals surface area contributed by atoms with E-state index < -0.39 is 15.9 Å². The van der Waals surface area contributed by atoms with Crippen LogP contribution >= 0.6 is 0 Å². The molecule has 0 fully saturated rings. The van der Waals surface area contributed by atoms with Crippen LogP contribution in [-0.4, -0.2) is 36.9 Å². The number of sulfonamides is 1. The highest BCUT2D eigenvalue weighted by molar-refractivity contribution is 7.92. The Morgan fingerprint density at radius 2 is 1.78 bits per heavy atom. The minimum atomic E-state index is -3.77. The average Bonchev–Trinajstić information content (AvgIpc) is 3.00. The second-order valence-electron chi connectivity index (χ2n) is 6.99. The Morgan fingerprint density at radius 3 is 2.34 bits per heavy atom. The van der Waals surface area contributed by atoms with Crippen molar-refractivity contribution in [1.82, 2.24) is 15.2 Å². The van der Waals surface area contributed by atoms with Crippen molar-refractivity contribution in [3.8, 4) is 5.75 Å². The third-order valence-corrected chi connectivity index (χ3v) is 6.17. The van der Waals surface area contributed by atoms with Crippen LogP contribution in [0.25, 0.3) is 0 Å². The van der Waals surface area contributed by atoms with Crippen molar-refractivity contribution in [2.75, 3.05) is 11.3 Å². The molecule has 0 aliphatic carbocycles. The van der Waals surface area contributed by atoms with Gasteiger partial charge in [0.1, 0.15) is 5.75 Å². The van der Waals surface area contributed by atoms with Crippen LogP contribution in [0, 0.1) is 13.8 Å². The minimum absolute atomic E-state index is 0.109. The average molecular weight is 456 g/mol. The number of benzene rings is 2. The SMILES string of the molecule is CCOc1ccc(S(=O)(=O)Nc2ccc(C(=O)N/N=C/c3c(C)nn(C)c3C)cc2)cc1. The van der Waals surface area contributed by atoms with Gasteiger partial charge >= 0.3 is 0 Å². The van der Waals surface area contributed by atoms with Gasteiger partial charge in [0, 0.05) is 29.6 Å². The van der Waals surface area contributed by atoms with E-state index in [0.29, 0.717) is 23.6 Å². The van der Waals surface area contributed by atoms with Gasteiger partial charge in [-0.15, -0.1) is 0 Å². The number of hydrogen-bond acceptors (Lipinski definition) is 6. The highest BCUT2D eigenvalue weighted by Gasteiger charge is 2.15. The van der Waals surface area contributed by atoms with Gasteiger partial charge in [0.15, 0.2) is 0 Å². The van der Waals surface area contributed by atoms with Gasteiger partial charge in [-0.05, 0) is 69.3 Å². The predicted octanol–water partition coefficient (Wildman–Crippen LogP) is 3.00. The first kappa shape index (κ1) is 23.0. The third-order valence-electron chi connectivity index (χ3n) is 4.77. The summed E-state index contributed by atoms with van der Waals surface area (Å²) in [5.74, 6) is 0.180. The summed E-state index contributed by atoms with van der Waals surface area (Å²) in [7, 11) is -1.93. The van der Waals surface area contributed by atoms with Crippen molar-refractivity contribution < 1.29 is 17.9 Å². The van der Waals surface area contributed by atoms with Crippen LogP contribution in [0.15, 0.2) is 58.5 Å². The fourth-order valence-electron chi connectivity index (χ4n) is 2.98. The Bertz CT molecular complexity index is 1230.